The van der Waals surface area contributed by atoms with Crippen LogP contribution in [0.2, 0.25) is 0 Å². The van der Waals surface area contributed by atoms with E-state index >= 15 is 0 Å². The molecule has 1 aliphatic heterocycles. The monoisotopic (exact) mass is 276 g/mol. The molecular formula is C15H20N2O3. The fourth-order valence-corrected chi connectivity index (χ4v) is 2.26. The van der Waals surface area contributed by atoms with Gasteiger partial charge in [-0.3, -0.25) is 4.79 Å². The number of urea groups is 1. The fraction of sp³-hybridized carbons (Fsp3) is 0.467. The van der Waals surface area contributed by atoms with Crippen molar-refractivity contribution in [3.05, 3.63) is 29.8 Å². The van der Waals surface area contributed by atoms with E-state index in [2.05, 4.69) is 10.6 Å². The molecule has 0 radical (unpaired) electrons. The maximum atomic E-state index is 12.0. The number of hydrogen-bond acceptors (Lipinski definition) is 3. The highest BCUT2D eigenvalue weighted by Gasteiger charge is 2.29. The number of ketones is 1. The number of amides is 2. The molecule has 0 saturated carbocycles. The summed E-state index contributed by atoms with van der Waals surface area (Å²) in [6, 6.07) is 6.58. The van der Waals surface area contributed by atoms with E-state index in [1.807, 2.05) is 6.92 Å². The largest absolute Gasteiger partial charge is 0.379 e. The first-order valence-corrected chi connectivity index (χ1v) is 6.76. The zero-order valence-corrected chi connectivity index (χ0v) is 11.9. The van der Waals surface area contributed by atoms with Gasteiger partial charge in [0.25, 0.3) is 0 Å². The first kappa shape index (κ1) is 14.5. The van der Waals surface area contributed by atoms with Gasteiger partial charge in [-0.25, -0.2) is 4.79 Å². The number of nitrogens with one attached hydrogen (secondary N) is 2. The molecule has 1 fully saturated rings. The number of carbonyl (C=O) groups excluding carboxylic acids is 2. The summed E-state index contributed by atoms with van der Waals surface area (Å²) in [4.78, 5) is 23.1. The van der Waals surface area contributed by atoms with Crippen LogP contribution < -0.4 is 10.6 Å². The highest BCUT2D eigenvalue weighted by molar-refractivity contribution is 5.95. The Morgan fingerprint density at radius 2 is 1.95 bits per heavy atom. The minimum absolute atomic E-state index is 0.00728. The Morgan fingerprint density at radius 3 is 2.50 bits per heavy atom. The molecule has 5 heteroatoms. The van der Waals surface area contributed by atoms with Gasteiger partial charge in [0.1, 0.15) is 0 Å². The maximum absolute atomic E-state index is 12.0. The molecule has 0 aromatic heterocycles. The third kappa shape index (κ3) is 3.81. The Hall–Kier alpha value is -1.88. The van der Waals surface area contributed by atoms with Crippen LogP contribution in [0.15, 0.2) is 24.3 Å². The highest BCUT2D eigenvalue weighted by atomic mass is 16.5. The third-order valence-electron chi connectivity index (χ3n) is 3.40. The molecule has 1 saturated heterocycles. The zero-order valence-electron chi connectivity index (χ0n) is 11.9. The zero-order chi connectivity index (χ0) is 14.6. The van der Waals surface area contributed by atoms with E-state index < -0.39 is 0 Å². The normalized spacial score (nSPS) is 22.1. The number of benzene rings is 1. The van der Waals surface area contributed by atoms with Crippen LogP contribution >= 0.6 is 0 Å². The van der Waals surface area contributed by atoms with Gasteiger partial charge < -0.3 is 15.4 Å². The number of ether oxygens (including phenoxy) is 1. The van der Waals surface area contributed by atoms with Gasteiger partial charge in [0.15, 0.2) is 5.78 Å². The number of rotatable bonds is 3. The van der Waals surface area contributed by atoms with Gasteiger partial charge in [-0.2, -0.15) is 0 Å². The van der Waals surface area contributed by atoms with Crippen molar-refractivity contribution < 1.29 is 14.3 Å². The highest BCUT2D eigenvalue weighted by Crippen LogP contribution is 2.18. The van der Waals surface area contributed by atoms with Gasteiger partial charge in [0, 0.05) is 17.9 Å². The minimum Gasteiger partial charge on any atom is -0.379 e. The number of hydrogen-bond donors (Lipinski definition) is 2. The summed E-state index contributed by atoms with van der Waals surface area (Å²) in [6.07, 6.45) is 1.85. The minimum atomic E-state index is -0.318. The molecule has 2 N–H and O–H groups in total. The van der Waals surface area contributed by atoms with Crippen molar-refractivity contribution in [1.82, 2.24) is 5.32 Å². The van der Waals surface area contributed by atoms with E-state index in [0.29, 0.717) is 17.9 Å². The fourth-order valence-electron chi connectivity index (χ4n) is 2.26. The SMILES string of the molecule is CC(=O)c1ccc(NC(=O)NC2(C)CCCOC2)cc1. The summed E-state index contributed by atoms with van der Waals surface area (Å²) in [5.41, 5.74) is 0.971. The van der Waals surface area contributed by atoms with Crippen molar-refractivity contribution in [2.45, 2.75) is 32.2 Å². The quantitative estimate of drug-likeness (QED) is 0.834. The van der Waals surface area contributed by atoms with Crippen LogP contribution in [0.1, 0.15) is 37.0 Å². The maximum Gasteiger partial charge on any atom is 0.319 e. The molecule has 0 spiro atoms. The first-order valence-electron chi connectivity index (χ1n) is 6.76. The van der Waals surface area contributed by atoms with Crippen molar-refractivity contribution in [2.24, 2.45) is 0 Å². The summed E-state index contributed by atoms with van der Waals surface area (Å²) >= 11 is 0. The van der Waals surface area contributed by atoms with Crippen LogP contribution in [-0.4, -0.2) is 30.6 Å². The molecule has 0 bridgehead atoms. The predicted molar refractivity (Wildman–Crippen MR) is 77.1 cm³/mol. The molecule has 1 aromatic rings. The van der Waals surface area contributed by atoms with Crippen molar-refractivity contribution in [1.29, 1.82) is 0 Å². The average Bonchev–Trinajstić information content (AvgIpc) is 2.39. The third-order valence-corrected chi connectivity index (χ3v) is 3.40. The standard InChI is InChI=1S/C15H20N2O3/c1-11(18)12-4-6-13(7-5-12)16-14(19)17-15(2)8-3-9-20-10-15/h4-7H,3,8-10H2,1-2H3,(H2,16,17,19). The van der Waals surface area contributed by atoms with Gasteiger partial charge in [-0.1, -0.05) is 0 Å². The lowest BCUT2D eigenvalue weighted by Gasteiger charge is -2.34. The summed E-state index contributed by atoms with van der Waals surface area (Å²) in [6.45, 7) is 4.78. The number of anilines is 1. The molecule has 1 aliphatic rings. The van der Waals surface area contributed by atoms with Gasteiger partial charge in [-0.05, 0) is 51.0 Å². The van der Waals surface area contributed by atoms with Crippen LogP contribution in [-0.2, 0) is 4.74 Å². The molecule has 1 atom stereocenters. The van der Waals surface area contributed by atoms with Gasteiger partial charge >= 0.3 is 6.03 Å². The van der Waals surface area contributed by atoms with E-state index in [1.165, 1.54) is 6.92 Å². The molecule has 2 rings (SSSR count). The number of Topliss-reactive ketones (excluding diaryl/α,β-unsaturated/α-hetero) is 1. The van der Waals surface area contributed by atoms with Gasteiger partial charge in [0.2, 0.25) is 0 Å². The van der Waals surface area contributed by atoms with Crippen LogP contribution in [0.3, 0.4) is 0 Å². The van der Waals surface area contributed by atoms with Crippen LogP contribution in [0, 0.1) is 0 Å². The van der Waals surface area contributed by atoms with Crippen molar-refractivity contribution in [2.75, 3.05) is 18.5 Å². The van der Waals surface area contributed by atoms with Crippen molar-refractivity contribution in [3.8, 4) is 0 Å². The Kier molecular flexibility index (Phi) is 4.39. The second-order valence-electron chi connectivity index (χ2n) is 5.43. The molecule has 2 amide bonds. The number of carbonyl (C=O) groups is 2. The summed E-state index contributed by atoms with van der Waals surface area (Å²) in [7, 11) is 0. The summed E-state index contributed by atoms with van der Waals surface area (Å²) in [5.74, 6) is 0.00728. The summed E-state index contributed by atoms with van der Waals surface area (Å²) < 4.78 is 5.40. The van der Waals surface area contributed by atoms with E-state index in [1.54, 1.807) is 24.3 Å². The van der Waals surface area contributed by atoms with E-state index in [4.69, 9.17) is 4.74 Å². The second kappa shape index (κ2) is 6.05. The van der Waals surface area contributed by atoms with E-state index in [-0.39, 0.29) is 17.4 Å². The van der Waals surface area contributed by atoms with Gasteiger partial charge in [0.05, 0.1) is 12.1 Å². The molecule has 1 unspecified atom stereocenters. The topological polar surface area (TPSA) is 67.4 Å². The molecule has 1 aromatic carbocycles. The lowest BCUT2D eigenvalue weighted by molar-refractivity contribution is 0.0342. The van der Waals surface area contributed by atoms with Gasteiger partial charge in [-0.15, -0.1) is 0 Å². The Labute approximate surface area is 118 Å². The van der Waals surface area contributed by atoms with E-state index in [9.17, 15) is 9.59 Å². The lowest BCUT2D eigenvalue weighted by Crippen LogP contribution is -2.52. The molecule has 20 heavy (non-hydrogen) atoms. The second-order valence-corrected chi connectivity index (χ2v) is 5.43. The molecule has 108 valence electrons. The lowest BCUT2D eigenvalue weighted by atomic mass is 9.95. The average molecular weight is 276 g/mol. The van der Waals surface area contributed by atoms with Crippen LogP contribution in [0.4, 0.5) is 10.5 Å². The predicted octanol–water partition coefficient (Wildman–Crippen LogP) is 2.58. The van der Waals surface area contributed by atoms with E-state index in [0.717, 1.165) is 19.4 Å². The van der Waals surface area contributed by atoms with Crippen LogP contribution in [0.25, 0.3) is 0 Å². The molecule has 0 aliphatic carbocycles. The first-order chi connectivity index (χ1) is 9.48. The van der Waals surface area contributed by atoms with Crippen molar-refractivity contribution >= 4 is 17.5 Å². The smallest absolute Gasteiger partial charge is 0.319 e. The summed E-state index contributed by atoms with van der Waals surface area (Å²) in [5, 5.41) is 5.70. The Morgan fingerprint density at radius 1 is 1.25 bits per heavy atom. The molecular weight excluding hydrogens is 256 g/mol. The Balaban J connectivity index is 1.92. The molecule has 5 nitrogen and oxygen atoms in total. The van der Waals surface area contributed by atoms with Crippen LogP contribution in [0.5, 0.6) is 0 Å². The Bertz CT molecular complexity index is 490. The molecule has 1 heterocycles. The van der Waals surface area contributed by atoms with Crippen molar-refractivity contribution in [3.63, 3.8) is 0 Å².